The van der Waals surface area contributed by atoms with Gasteiger partial charge in [0.25, 0.3) is 0 Å². The van der Waals surface area contributed by atoms with Gasteiger partial charge in [-0.25, -0.2) is 0 Å². The lowest BCUT2D eigenvalue weighted by Gasteiger charge is -2.54. The topological polar surface area (TPSA) is 43.4 Å². The largest absolute Gasteiger partial charge is 0.462 e. The van der Waals surface area contributed by atoms with Crippen molar-refractivity contribution in [3.63, 3.8) is 0 Å². The number of rotatable bonds is 5. The highest BCUT2D eigenvalue weighted by Gasteiger charge is 2.58. The first kappa shape index (κ1) is 23.8. The van der Waals surface area contributed by atoms with E-state index < -0.39 is 0 Å². The summed E-state index contributed by atoms with van der Waals surface area (Å²) in [6, 6.07) is 10.2. The molecule has 0 radical (unpaired) electrons. The van der Waals surface area contributed by atoms with Gasteiger partial charge in [0.1, 0.15) is 6.10 Å². The molecule has 0 aliphatic heterocycles. The van der Waals surface area contributed by atoms with Crippen molar-refractivity contribution in [1.29, 1.82) is 0 Å². The molecule has 3 saturated carbocycles. The highest BCUT2D eigenvalue weighted by Crippen LogP contribution is 2.63. The monoisotopic (exact) mass is 446 g/mol. The van der Waals surface area contributed by atoms with E-state index in [0.29, 0.717) is 24.0 Å². The van der Waals surface area contributed by atoms with Gasteiger partial charge in [-0.1, -0.05) is 42.8 Å². The molecule has 0 bridgehead atoms. The number of carbonyl (C=O) groups is 2. The molecule has 4 aliphatic carbocycles. The number of carbonyl (C=O) groups excluding carboxylic acids is 2. The summed E-state index contributed by atoms with van der Waals surface area (Å²) in [5, 5.41) is 0. The van der Waals surface area contributed by atoms with Crippen LogP contribution in [0.25, 0.3) is 0 Å². The van der Waals surface area contributed by atoms with Crippen LogP contribution in [-0.2, 0) is 20.7 Å². The van der Waals surface area contributed by atoms with Crippen molar-refractivity contribution in [2.75, 3.05) is 0 Å². The highest BCUT2D eigenvalue weighted by molar-refractivity contribution is 5.91. The molecule has 5 rings (SSSR count). The summed E-state index contributed by atoms with van der Waals surface area (Å²) < 4.78 is 6.20. The molecule has 3 heteroatoms. The Hall–Kier alpha value is -2.34. The summed E-state index contributed by atoms with van der Waals surface area (Å²) in [6.45, 7) is 2.32. The zero-order valence-corrected chi connectivity index (χ0v) is 20.0. The Labute approximate surface area is 199 Å². The molecule has 0 aromatic heterocycles. The van der Waals surface area contributed by atoms with Crippen molar-refractivity contribution >= 4 is 11.8 Å². The van der Waals surface area contributed by atoms with Gasteiger partial charge in [-0.15, -0.1) is 12.8 Å². The van der Waals surface area contributed by atoms with E-state index in [0.717, 1.165) is 50.4 Å². The van der Waals surface area contributed by atoms with Gasteiger partial charge in [-0.3, -0.25) is 9.59 Å². The smallest absolute Gasteiger partial charge is 0.306 e. The van der Waals surface area contributed by atoms with Crippen LogP contribution in [0.4, 0.5) is 0 Å². The number of ether oxygens (including phenoxy) is 1. The third kappa shape index (κ3) is 4.54. The molecule has 1 aromatic rings. The Morgan fingerprint density at radius 1 is 1.03 bits per heavy atom. The van der Waals surface area contributed by atoms with E-state index in [-0.39, 0.29) is 17.5 Å². The van der Waals surface area contributed by atoms with Crippen molar-refractivity contribution in [3.8, 4) is 12.8 Å². The average Bonchev–Trinajstić information content (AvgIpc) is 3.23. The van der Waals surface area contributed by atoms with Gasteiger partial charge >= 0.3 is 5.97 Å². The minimum absolute atomic E-state index is 0.0240. The average molecular weight is 447 g/mol. The molecule has 0 heterocycles. The number of allylic oxidation sites excluding steroid dienone is 1. The van der Waals surface area contributed by atoms with Gasteiger partial charge in [-0.2, -0.15) is 0 Å². The number of esters is 1. The van der Waals surface area contributed by atoms with Crippen LogP contribution >= 0.6 is 0 Å². The first-order valence-corrected chi connectivity index (χ1v) is 12.9. The minimum Gasteiger partial charge on any atom is -0.462 e. The number of terminal acetylenes is 1. The number of benzene rings is 1. The lowest BCUT2D eigenvalue weighted by molar-refractivity contribution is -0.160. The van der Waals surface area contributed by atoms with E-state index in [9.17, 15) is 9.59 Å². The summed E-state index contributed by atoms with van der Waals surface area (Å²) in [5.41, 5.74) is 2.82. The summed E-state index contributed by atoms with van der Waals surface area (Å²) in [6.07, 6.45) is 21.2. The van der Waals surface area contributed by atoms with Crippen molar-refractivity contribution < 1.29 is 14.3 Å². The van der Waals surface area contributed by atoms with E-state index in [1.165, 1.54) is 36.8 Å². The van der Waals surface area contributed by atoms with Crippen LogP contribution in [0, 0.1) is 41.9 Å². The second-order valence-corrected chi connectivity index (χ2v) is 10.5. The van der Waals surface area contributed by atoms with Crippen molar-refractivity contribution in [3.05, 3.63) is 47.5 Å². The summed E-state index contributed by atoms with van der Waals surface area (Å²) in [5.74, 6) is 3.12. The van der Waals surface area contributed by atoms with Crippen LogP contribution in [0.3, 0.4) is 0 Å². The van der Waals surface area contributed by atoms with E-state index in [2.05, 4.69) is 31.9 Å². The lowest BCUT2D eigenvalue weighted by Crippen LogP contribution is -2.49. The second kappa shape index (κ2) is 10.3. The molecule has 0 saturated heterocycles. The maximum Gasteiger partial charge on any atom is 0.306 e. The standard InChI is InChI=1S/C28H36O3.C2H2/c1-2-28-17-16-23-22-12-10-21(29)18-20(22)9-11-24(23)25(28)13-14-26(28)31-27(30)15-8-19-6-4-3-5-7-19;1-2/h3-7,18,22-26H,2,8-17H2,1H3;1-2H. The Morgan fingerprint density at radius 3 is 2.58 bits per heavy atom. The van der Waals surface area contributed by atoms with Crippen LogP contribution in [0.1, 0.15) is 76.7 Å². The number of hydrogen-bond acceptors (Lipinski definition) is 3. The molecule has 0 N–H and O–H groups in total. The van der Waals surface area contributed by atoms with Crippen molar-refractivity contribution in [2.24, 2.45) is 29.1 Å². The third-order valence-electron chi connectivity index (χ3n) is 9.33. The van der Waals surface area contributed by atoms with E-state index in [1.54, 1.807) is 0 Å². The Morgan fingerprint density at radius 2 is 1.82 bits per heavy atom. The van der Waals surface area contributed by atoms with Gasteiger partial charge in [-0.05, 0) is 93.1 Å². The maximum atomic E-state index is 12.7. The lowest BCUT2D eigenvalue weighted by atomic mass is 9.51. The van der Waals surface area contributed by atoms with Crippen LogP contribution in [0.5, 0.6) is 0 Å². The fourth-order valence-corrected chi connectivity index (χ4v) is 7.89. The normalized spacial score (nSPS) is 34.6. The van der Waals surface area contributed by atoms with Gasteiger partial charge in [0, 0.05) is 18.3 Å². The molecular formula is C30H38O3. The molecule has 176 valence electrons. The molecule has 3 fully saturated rings. The van der Waals surface area contributed by atoms with Gasteiger partial charge in [0.05, 0.1) is 0 Å². The maximum absolute atomic E-state index is 12.7. The number of fused-ring (bicyclic) bond motifs is 5. The SMILES string of the molecule is C#C.CCC12CCC3C4CCC(=O)C=C4CCC3C1CCC2OC(=O)CCc1ccccc1. The number of aryl methyl sites for hydroxylation is 1. The Balaban J connectivity index is 0.00000126. The summed E-state index contributed by atoms with van der Waals surface area (Å²) in [4.78, 5) is 24.7. The van der Waals surface area contributed by atoms with Crippen LogP contribution in [-0.4, -0.2) is 17.9 Å². The first-order valence-electron chi connectivity index (χ1n) is 12.9. The fourth-order valence-electron chi connectivity index (χ4n) is 7.89. The van der Waals surface area contributed by atoms with Crippen molar-refractivity contribution in [1.82, 2.24) is 0 Å². The van der Waals surface area contributed by atoms with E-state index in [1.807, 2.05) is 24.3 Å². The number of ketones is 1. The van der Waals surface area contributed by atoms with Gasteiger partial charge in [0.2, 0.25) is 0 Å². The Bertz CT molecular complexity index is 898. The van der Waals surface area contributed by atoms with Crippen LogP contribution in [0.2, 0.25) is 0 Å². The van der Waals surface area contributed by atoms with E-state index in [4.69, 9.17) is 4.74 Å². The summed E-state index contributed by atoms with van der Waals surface area (Å²) >= 11 is 0. The molecular weight excluding hydrogens is 408 g/mol. The molecule has 6 unspecified atom stereocenters. The molecule has 4 aliphatic rings. The highest BCUT2D eigenvalue weighted by atomic mass is 16.5. The van der Waals surface area contributed by atoms with Crippen LogP contribution in [0.15, 0.2) is 42.0 Å². The van der Waals surface area contributed by atoms with Crippen LogP contribution < -0.4 is 0 Å². The molecule has 6 atom stereocenters. The zero-order valence-electron chi connectivity index (χ0n) is 20.0. The number of hydrogen-bond donors (Lipinski definition) is 0. The molecule has 3 nitrogen and oxygen atoms in total. The minimum atomic E-state index is -0.0240. The first-order chi connectivity index (χ1) is 16.1. The molecule has 33 heavy (non-hydrogen) atoms. The summed E-state index contributed by atoms with van der Waals surface area (Å²) in [7, 11) is 0. The Kier molecular flexibility index (Phi) is 7.42. The zero-order chi connectivity index (χ0) is 23.4. The van der Waals surface area contributed by atoms with Gasteiger partial charge in [0.15, 0.2) is 5.78 Å². The van der Waals surface area contributed by atoms with E-state index >= 15 is 0 Å². The molecule has 0 amide bonds. The quantitative estimate of drug-likeness (QED) is 0.393. The van der Waals surface area contributed by atoms with Gasteiger partial charge < -0.3 is 4.74 Å². The molecule has 0 spiro atoms. The fraction of sp³-hybridized carbons (Fsp3) is 0.600. The predicted molar refractivity (Wildman–Crippen MR) is 131 cm³/mol. The third-order valence-corrected chi connectivity index (χ3v) is 9.33. The predicted octanol–water partition coefficient (Wildman–Crippen LogP) is 6.31. The second-order valence-electron chi connectivity index (χ2n) is 10.5. The molecule has 1 aromatic carbocycles. The van der Waals surface area contributed by atoms with Crippen molar-refractivity contribution in [2.45, 2.75) is 83.7 Å².